The van der Waals surface area contributed by atoms with Gasteiger partial charge in [0, 0.05) is 33.3 Å². The molecule has 2 aromatic rings. The molecule has 1 amide bonds. The smallest absolute Gasteiger partial charge is 0.347 e. The molecule has 1 aliphatic heterocycles. The van der Waals surface area contributed by atoms with Crippen molar-refractivity contribution in [1.29, 1.82) is 0 Å². The summed E-state index contributed by atoms with van der Waals surface area (Å²) in [5.74, 6) is -0.0645. The highest BCUT2D eigenvalue weighted by atomic mass is 32.2. The Morgan fingerprint density at radius 1 is 1.15 bits per heavy atom. The number of rotatable bonds is 4. The zero-order chi connectivity index (χ0) is 19.1. The summed E-state index contributed by atoms with van der Waals surface area (Å²) in [5, 5.41) is 2.58. The Labute approximate surface area is 150 Å². The molecule has 1 aromatic heterocycles. The van der Waals surface area contributed by atoms with E-state index < -0.39 is 15.7 Å². The van der Waals surface area contributed by atoms with Crippen LogP contribution < -0.4 is 20.2 Å². The number of hydrogen-bond donors (Lipinski definition) is 1. The molecule has 0 aliphatic carbocycles. The number of nitrogens with one attached hydrogen (secondary N) is 1. The van der Waals surface area contributed by atoms with Gasteiger partial charge in [-0.2, -0.15) is 9.97 Å². The number of sulfonamides is 1. The summed E-state index contributed by atoms with van der Waals surface area (Å²) in [6.45, 7) is 1.65. The minimum absolute atomic E-state index is 0.0394. The van der Waals surface area contributed by atoms with E-state index in [9.17, 15) is 18.0 Å². The summed E-state index contributed by atoms with van der Waals surface area (Å²) in [4.78, 5) is 32.8. The van der Waals surface area contributed by atoms with Crippen LogP contribution in [-0.4, -0.2) is 49.5 Å². The van der Waals surface area contributed by atoms with Crippen molar-refractivity contribution in [2.45, 2.75) is 18.4 Å². The maximum Gasteiger partial charge on any atom is 0.353 e. The van der Waals surface area contributed by atoms with Gasteiger partial charge in [0.25, 0.3) is 10.0 Å². The van der Waals surface area contributed by atoms with Crippen LogP contribution in [0.25, 0.3) is 0 Å². The van der Waals surface area contributed by atoms with E-state index in [0.29, 0.717) is 5.69 Å². The van der Waals surface area contributed by atoms with Crippen LogP contribution in [0.15, 0.2) is 34.0 Å². The number of nitrogens with zero attached hydrogens (tertiary/aromatic N) is 5. The van der Waals surface area contributed by atoms with E-state index in [-0.39, 0.29) is 35.8 Å². The van der Waals surface area contributed by atoms with Gasteiger partial charge in [-0.3, -0.25) is 9.36 Å². The molecule has 11 heteroatoms. The quantitative estimate of drug-likeness (QED) is 0.787. The van der Waals surface area contributed by atoms with Gasteiger partial charge < -0.3 is 10.2 Å². The summed E-state index contributed by atoms with van der Waals surface area (Å²) >= 11 is 0. The van der Waals surface area contributed by atoms with Gasteiger partial charge in [-0.1, -0.05) is 0 Å². The minimum atomic E-state index is -3.90. The van der Waals surface area contributed by atoms with E-state index in [0.717, 1.165) is 4.31 Å². The Balaban J connectivity index is 2.00. The van der Waals surface area contributed by atoms with Crippen LogP contribution in [0.1, 0.15) is 6.92 Å². The van der Waals surface area contributed by atoms with Crippen LogP contribution in [-0.2, 0) is 21.4 Å². The van der Waals surface area contributed by atoms with Crippen LogP contribution in [0.3, 0.4) is 0 Å². The largest absolute Gasteiger partial charge is 0.353 e. The Hall–Kier alpha value is -2.95. The van der Waals surface area contributed by atoms with Gasteiger partial charge in [-0.15, -0.1) is 0 Å². The van der Waals surface area contributed by atoms with E-state index in [1.54, 1.807) is 14.1 Å². The molecular weight excluding hydrogens is 360 g/mol. The van der Waals surface area contributed by atoms with Crippen molar-refractivity contribution in [3.8, 4) is 0 Å². The lowest BCUT2D eigenvalue weighted by atomic mass is 10.3. The van der Waals surface area contributed by atoms with Gasteiger partial charge in [0.05, 0.1) is 11.4 Å². The number of carbonyl (C=O) groups excluding carboxylic acids is 1. The fourth-order valence-corrected chi connectivity index (χ4v) is 3.96. The van der Waals surface area contributed by atoms with E-state index in [1.165, 1.54) is 40.7 Å². The lowest BCUT2D eigenvalue weighted by Gasteiger charge is -2.19. The first kappa shape index (κ1) is 17.9. The predicted octanol–water partition coefficient (Wildman–Crippen LogP) is -0.128. The van der Waals surface area contributed by atoms with Crippen LogP contribution in [0.2, 0.25) is 0 Å². The summed E-state index contributed by atoms with van der Waals surface area (Å²) < 4.78 is 28.3. The van der Waals surface area contributed by atoms with Crippen molar-refractivity contribution < 1.29 is 13.2 Å². The number of aromatic nitrogens is 3. The highest BCUT2D eigenvalue weighted by Crippen LogP contribution is 2.26. The van der Waals surface area contributed by atoms with Gasteiger partial charge in [-0.25, -0.2) is 17.5 Å². The molecule has 26 heavy (non-hydrogen) atoms. The van der Waals surface area contributed by atoms with Crippen molar-refractivity contribution in [3.63, 3.8) is 0 Å². The van der Waals surface area contributed by atoms with Crippen molar-refractivity contribution in [2.75, 3.05) is 35.2 Å². The molecule has 0 radical (unpaired) electrons. The summed E-state index contributed by atoms with van der Waals surface area (Å²) in [6.07, 6.45) is 0. The number of anilines is 3. The molecule has 0 spiro atoms. The monoisotopic (exact) mass is 378 g/mol. The zero-order valence-electron chi connectivity index (χ0n) is 14.5. The van der Waals surface area contributed by atoms with Crippen LogP contribution in [0.4, 0.5) is 17.6 Å². The molecule has 1 N–H and O–H groups in total. The molecule has 0 bridgehead atoms. The first-order valence-electron chi connectivity index (χ1n) is 7.77. The molecule has 2 heterocycles. The molecule has 0 saturated heterocycles. The molecule has 1 aliphatic rings. The van der Waals surface area contributed by atoms with Gasteiger partial charge in [0.2, 0.25) is 17.8 Å². The van der Waals surface area contributed by atoms with E-state index in [2.05, 4.69) is 15.3 Å². The zero-order valence-corrected chi connectivity index (χ0v) is 15.3. The van der Waals surface area contributed by atoms with Crippen LogP contribution in [0, 0.1) is 0 Å². The number of amides is 1. The second kappa shape index (κ2) is 6.41. The van der Waals surface area contributed by atoms with Crippen molar-refractivity contribution in [1.82, 2.24) is 14.5 Å². The van der Waals surface area contributed by atoms with Gasteiger partial charge in [0.15, 0.2) is 0 Å². The topological polar surface area (TPSA) is 118 Å². The second-order valence-electron chi connectivity index (χ2n) is 5.93. The highest BCUT2D eigenvalue weighted by molar-refractivity contribution is 7.92. The van der Waals surface area contributed by atoms with E-state index in [4.69, 9.17) is 0 Å². The molecule has 0 atom stereocenters. The molecule has 0 saturated carbocycles. The van der Waals surface area contributed by atoms with Crippen LogP contribution in [0.5, 0.6) is 0 Å². The van der Waals surface area contributed by atoms with E-state index in [1.807, 2.05) is 0 Å². The molecule has 1 aromatic carbocycles. The SMILES string of the molecule is CC(=O)Nc1ccc(S(=O)(=O)N2CCn3c2nc(N(C)C)nc3=O)cc1. The summed E-state index contributed by atoms with van der Waals surface area (Å²) in [7, 11) is -0.570. The highest BCUT2D eigenvalue weighted by Gasteiger charge is 2.34. The van der Waals surface area contributed by atoms with E-state index >= 15 is 0 Å². The molecule has 3 rings (SSSR count). The average molecular weight is 378 g/mol. The van der Waals surface area contributed by atoms with Gasteiger partial charge in [0.1, 0.15) is 0 Å². The number of carbonyl (C=O) groups is 1. The fourth-order valence-electron chi connectivity index (χ4n) is 2.55. The number of hydrogen-bond acceptors (Lipinski definition) is 7. The molecule has 0 fully saturated rings. The van der Waals surface area contributed by atoms with Crippen LogP contribution >= 0.6 is 0 Å². The maximum absolute atomic E-state index is 13.0. The third-order valence-corrected chi connectivity index (χ3v) is 5.57. The average Bonchev–Trinajstić information content (AvgIpc) is 3.00. The third-order valence-electron chi connectivity index (χ3n) is 3.78. The van der Waals surface area contributed by atoms with Gasteiger partial charge in [-0.05, 0) is 24.3 Å². The predicted molar refractivity (Wildman–Crippen MR) is 95.9 cm³/mol. The van der Waals surface area contributed by atoms with Crippen molar-refractivity contribution in [2.24, 2.45) is 0 Å². The first-order valence-corrected chi connectivity index (χ1v) is 9.21. The summed E-state index contributed by atoms with van der Waals surface area (Å²) in [6, 6.07) is 5.80. The van der Waals surface area contributed by atoms with Gasteiger partial charge >= 0.3 is 5.69 Å². The van der Waals surface area contributed by atoms with Crippen molar-refractivity contribution >= 4 is 33.5 Å². The number of benzene rings is 1. The lowest BCUT2D eigenvalue weighted by Crippen LogP contribution is -2.32. The Bertz CT molecular complexity index is 1010. The Morgan fingerprint density at radius 2 is 1.81 bits per heavy atom. The Kier molecular flexibility index (Phi) is 4.40. The molecule has 10 nitrogen and oxygen atoms in total. The first-order chi connectivity index (χ1) is 12.2. The molecular formula is C15H18N6O4S. The normalized spacial score (nSPS) is 13.4. The molecule has 0 unspecified atom stereocenters. The fraction of sp³-hybridized carbons (Fsp3) is 0.333. The standard InChI is InChI=1S/C15H18N6O4S/c1-10(22)16-11-4-6-12(7-5-11)26(24,25)21-9-8-20-14(21)17-13(19(2)3)18-15(20)23/h4-7H,8-9H2,1-3H3,(H,16,22). The Morgan fingerprint density at radius 3 is 2.38 bits per heavy atom. The third kappa shape index (κ3) is 3.12. The second-order valence-corrected chi connectivity index (χ2v) is 7.80. The lowest BCUT2D eigenvalue weighted by molar-refractivity contribution is -0.114. The molecule has 138 valence electrons. The minimum Gasteiger partial charge on any atom is -0.347 e. The van der Waals surface area contributed by atoms with Crippen molar-refractivity contribution in [3.05, 3.63) is 34.7 Å². The number of fused-ring (bicyclic) bond motifs is 1. The summed E-state index contributed by atoms with van der Waals surface area (Å²) in [5.41, 5.74) is -0.0517. The maximum atomic E-state index is 13.0.